The summed E-state index contributed by atoms with van der Waals surface area (Å²) in [5, 5.41) is 8.57. The molecule has 1 heterocycles. The van der Waals surface area contributed by atoms with Crippen LogP contribution in [0.1, 0.15) is 23.2 Å². The zero-order valence-electron chi connectivity index (χ0n) is 10.2. The minimum absolute atomic E-state index is 0.129. The molecule has 0 aliphatic rings. The molecule has 0 bridgehead atoms. The van der Waals surface area contributed by atoms with Crippen molar-refractivity contribution in [2.75, 3.05) is 13.2 Å². The fourth-order valence-corrected chi connectivity index (χ4v) is 1.14. The summed E-state index contributed by atoms with van der Waals surface area (Å²) >= 11 is 0. The molecule has 0 radical (unpaired) electrons. The third-order valence-electron chi connectivity index (χ3n) is 2.03. The van der Waals surface area contributed by atoms with Gasteiger partial charge in [0, 0.05) is 0 Å². The Balaban J connectivity index is 2.41. The average molecular weight is 249 g/mol. The summed E-state index contributed by atoms with van der Waals surface area (Å²) in [4.78, 5) is 11.4. The van der Waals surface area contributed by atoms with Crippen molar-refractivity contribution in [2.24, 2.45) is 5.92 Å². The Labute approximate surface area is 106 Å². The van der Waals surface area contributed by atoms with Gasteiger partial charge < -0.3 is 13.9 Å². The normalized spacial score (nSPS) is 11.6. The van der Waals surface area contributed by atoms with Gasteiger partial charge in [0.1, 0.15) is 19.0 Å². The first-order valence-electron chi connectivity index (χ1n) is 5.51. The lowest BCUT2D eigenvalue weighted by atomic mass is 10.2. The molecular weight excluding hydrogens is 234 g/mol. The standard InChI is InChI=1S/C13H15NO4/c1-3-6-17-13(15)12-5-4-11(18-12)9-16-8-10(2)7-14/h3-5,10H,1,6,8-9H2,2H3/t10-/m1/s1. The highest BCUT2D eigenvalue weighted by Crippen LogP contribution is 2.11. The van der Waals surface area contributed by atoms with E-state index in [0.29, 0.717) is 12.4 Å². The Bertz CT molecular complexity index is 444. The molecule has 1 aromatic rings. The molecular formula is C13H15NO4. The van der Waals surface area contributed by atoms with Crippen molar-refractivity contribution in [3.63, 3.8) is 0 Å². The summed E-state index contributed by atoms with van der Waals surface area (Å²) in [5.41, 5.74) is 0. The van der Waals surface area contributed by atoms with Gasteiger partial charge in [-0.25, -0.2) is 4.79 Å². The van der Waals surface area contributed by atoms with E-state index in [9.17, 15) is 4.79 Å². The lowest BCUT2D eigenvalue weighted by Gasteiger charge is -2.02. The molecule has 1 rings (SSSR count). The number of carbonyl (C=O) groups is 1. The zero-order valence-corrected chi connectivity index (χ0v) is 10.2. The molecule has 0 saturated heterocycles. The Morgan fingerprint density at radius 2 is 2.44 bits per heavy atom. The molecule has 18 heavy (non-hydrogen) atoms. The van der Waals surface area contributed by atoms with Crippen molar-refractivity contribution >= 4 is 5.97 Å². The van der Waals surface area contributed by atoms with E-state index in [-0.39, 0.29) is 24.9 Å². The van der Waals surface area contributed by atoms with E-state index in [4.69, 9.17) is 19.2 Å². The van der Waals surface area contributed by atoms with Gasteiger partial charge in [-0.3, -0.25) is 0 Å². The fourth-order valence-electron chi connectivity index (χ4n) is 1.14. The molecule has 1 aromatic heterocycles. The number of nitrogens with zero attached hydrogens (tertiary/aromatic N) is 1. The molecule has 0 aliphatic heterocycles. The second kappa shape index (κ2) is 7.30. The van der Waals surface area contributed by atoms with Crippen LogP contribution >= 0.6 is 0 Å². The Morgan fingerprint density at radius 1 is 1.67 bits per heavy atom. The average Bonchev–Trinajstić information content (AvgIpc) is 2.84. The van der Waals surface area contributed by atoms with Crippen molar-refractivity contribution in [2.45, 2.75) is 13.5 Å². The van der Waals surface area contributed by atoms with Crippen LogP contribution in [0.15, 0.2) is 29.2 Å². The van der Waals surface area contributed by atoms with Crippen molar-refractivity contribution in [3.8, 4) is 6.07 Å². The van der Waals surface area contributed by atoms with Crippen molar-refractivity contribution in [3.05, 3.63) is 36.3 Å². The monoisotopic (exact) mass is 249 g/mol. The Kier molecular flexibility index (Phi) is 5.68. The van der Waals surface area contributed by atoms with Gasteiger partial charge in [0.15, 0.2) is 0 Å². The van der Waals surface area contributed by atoms with Crippen LogP contribution in [0.25, 0.3) is 0 Å². The van der Waals surface area contributed by atoms with E-state index < -0.39 is 5.97 Å². The van der Waals surface area contributed by atoms with Crippen LogP contribution in [-0.2, 0) is 16.1 Å². The maximum absolute atomic E-state index is 11.4. The van der Waals surface area contributed by atoms with Gasteiger partial charge in [-0.2, -0.15) is 5.26 Å². The second-order valence-corrected chi connectivity index (χ2v) is 3.70. The lowest BCUT2D eigenvalue weighted by Crippen LogP contribution is -2.04. The maximum atomic E-state index is 11.4. The number of hydrogen-bond donors (Lipinski definition) is 0. The van der Waals surface area contributed by atoms with E-state index in [0.717, 1.165) is 0 Å². The Morgan fingerprint density at radius 3 is 3.11 bits per heavy atom. The molecule has 0 N–H and O–H groups in total. The summed E-state index contributed by atoms with van der Waals surface area (Å²) in [6, 6.07) is 5.22. The molecule has 0 saturated carbocycles. The van der Waals surface area contributed by atoms with Crippen molar-refractivity contribution < 1.29 is 18.7 Å². The molecule has 0 aliphatic carbocycles. The molecule has 96 valence electrons. The number of nitriles is 1. The molecule has 0 aromatic carbocycles. The molecule has 0 amide bonds. The first-order valence-corrected chi connectivity index (χ1v) is 5.51. The minimum Gasteiger partial charge on any atom is -0.456 e. The van der Waals surface area contributed by atoms with Crippen molar-refractivity contribution in [1.29, 1.82) is 5.26 Å². The van der Waals surface area contributed by atoms with Gasteiger partial charge in [-0.05, 0) is 19.1 Å². The minimum atomic E-state index is -0.536. The zero-order chi connectivity index (χ0) is 13.4. The van der Waals surface area contributed by atoms with Gasteiger partial charge in [-0.15, -0.1) is 0 Å². The summed E-state index contributed by atoms with van der Waals surface area (Å²) in [6.07, 6.45) is 1.48. The number of furan rings is 1. The van der Waals surface area contributed by atoms with Crippen LogP contribution in [0.4, 0.5) is 0 Å². The smallest absolute Gasteiger partial charge is 0.374 e. The number of rotatable bonds is 7. The number of esters is 1. The van der Waals surface area contributed by atoms with Crippen LogP contribution < -0.4 is 0 Å². The van der Waals surface area contributed by atoms with E-state index in [1.807, 2.05) is 0 Å². The summed E-state index contributed by atoms with van der Waals surface area (Å²) in [5.74, 6) is -0.0574. The fraction of sp³-hybridized carbons (Fsp3) is 0.385. The number of ether oxygens (including phenoxy) is 2. The van der Waals surface area contributed by atoms with Crippen LogP contribution in [0.5, 0.6) is 0 Å². The third-order valence-corrected chi connectivity index (χ3v) is 2.03. The maximum Gasteiger partial charge on any atom is 0.374 e. The van der Waals surface area contributed by atoms with E-state index in [1.165, 1.54) is 12.1 Å². The van der Waals surface area contributed by atoms with Gasteiger partial charge >= 0.3 is 5.97 Å². The highest BCUT2D eigenvalue weighted by Gasteiger charge is 2.12. The molecule has 5 heteroatoms. The van der Waals surface area contributed by atoms with Gasteiger partial charge in [0.2, 0.25) is 5.76 Å². The predicted octanol–water partition coefficient (Wildman–Crippen LogP) is 2.30. The van der Waals surface area contributed by atoms with Gasteiger partial charge in [0.25, 0.3) is 0 Å². The van der Waals surface area contributed by atoms with Crippen LogP contribution in [-0.4, -0.2) is 19.2 Å². The highest BCUT2D eigenvalue weighted by molar-refractivity contribution is 5.86. The molecule has 0 spiro atoms. The summed E-state index contributed by atoms with van der Waals surface area (Å²) in [6.45, 7) is 5.90. The largest absolute Gasteiger partial charge is 0.456 e. The second-order valence-electron chi connectivity index (χ2n) is 3.70. The first kappa shape index (κ1) is 14.0. The summed E-state index contributed by atoms with van der Waals surface area (Å²) < 4.78 is 15.3. The number of carbonyl (C=O) groups excluding carboxylic acids is 1. The Hall–Kier alpha value is -2.06. The van der Waals surface area contributed by atoms with Crippen LogP contribution in [0.2, 0.25) is 0 Å². The SMILES string of the molecule is C=CCOC(=O)c1ccc(COC[C@H](C)C#N)o1. The highest BCUT2D eigenvalue weighted by atomic mass is 16.5. The van der Waals surface area contributed by atoms with E-state index in [2.05, 4.69) is 12.6 Å². The summed E-state index contributed by atoms with van der Waals surface area (Å²) in [7, 11) is 0. The topological polar surface area (TPSA) is 72.5 Å². The van der Waals surface area contributed by atoms with Gasteiger partial charge in [0.05, 0.1) is 18.6 Å². The first-order chi connectivity index (χ1) is 8.67. The quantitative estimate of drug-likeness (QED) is 0.547. The van der Waals surface area contributed by atoms with Crippen LogP contribution in [0.3, 0.4) is 0 Å². The predicted molar refractivity (Wildman–Crippen MR) is 63.6 cm³/mol. The van der Waals surface area contributed by atoms with E-state index >= 15 is 0 Å². The number of hydrogen-bond acceptors (Lipinski definition) is 5. The third kappa shape index (κ3) is 4.44. The van der Waals surface area contributed by atoms with Crippen LogP contribution in [0, 0.1) is 17.2 Å². The van der Waals surface area contributed by atoms with Gasteiger partial charge in [-0.1, -0.05) is 12.7 Å². The molecule has 0 fully saturated rings. The van der Waals surface area contributed by atoms with Crippen molar-refractivity contribution in [1.82, 2.24) is 0 Å². The molecule has 1 atom stereocenters. The lowest BCUT2D eigenvalue weighted by molar-refractivity contribution is 0.0499. The van der Waals surface area contributed by atoms with E-state index in [1.54, 1.807) is 13.0 Å². The molecule has 5 nitrogen and oxygen atoms in total. The molecule has 0 unspecified atom stereocenters.